The van der Waals surface area contributed by atoms with Gasteiger partial charge in [0, 0.05) is 13.1 Å². The highest BCUT2D eigenvalue weighted by atomic mass is 79.9. The van der Waals surface area contributed by atoms with Crippen molar-refractivity contribution in [3.05, 3.63) is 28.5 Å². The zero-order valence-corrected chi connectivity index (χ0v) is 13.9. The number of amides is 1. The minimum absolute atomic E-state index is 0.0776. The summed E-state index contributed by atoms with van der Waals surface area (Å²) in [6.45, 7) is 0. The molecule has 0 aromatic carbocycles. The third kappa shape index (κ3) is 2.32. The summed E-state index contributed by atoms with van der Waals surface area (Å²) in [5, 5.41) is 0. The third-order valence-corrected chi connectivity index (χ3v) is 6.32. The summed E-state index contributed by atoms with van der Waals surface area (Å²) >= 11 is 3.36. The Morgan fingerprint density at radius 3 is 2.33 bits per heavy atom. The van der Waals surface area contributed by atoms with Gasteiger partial charge in [0.15, 0.2) is 0 Å². The smallest absolute Gasteiger partial charge is 0.272 e. The number of hydrogen-bond donors (Lipinski definition) is 0. The molecular formula is C17H21BrN2O. The van der Waals surface area contributed by atoms with Crippen LogP contribution in [0.5, 0.6) is 0 Å². The number of nitrogens with zero attached hydrogens (tertiary/aromatic N) is 2. The Morgan fingerprint density at radius 1 is 1.14 bits per heavy atom. The fourth-order valence-corrected chi connectivity index (χ4v) is 5.72. The zero-order chi connectivity index (χ0) is 14.6. The van der Waals surface area contributed by atoms with Crippen molar-refractivity contribution in [3.8, 4) is 0 Å². The Morgan fingerprint density at radius 2 is 1.76 bits per heavy atom. The van der Waals surface area contributed by atoms with Crippen molar-refractivity contribution in [2.24, 2.45) is 23.7 Å². The lowest BCUT2D eigenvalue weighted by atomic mass is 9.54. The van der Waals surface area contributed by atoms with Crippen molar-refractivity contribution in [1.82, 2.24) is 9.88 Å². The molecule has 4 saturated carbocycles. The van der Waals surface area contributed by atoms with E-state index in [0.29, 0.717) is 11.7 Å². The van der Waals surface area contributed by atoms with Gasteiger partial charge in [0.1, 0.15) is 10.3 Å². The molecule has 4 aliphatic rings. The molecule has 4 fully saturated rings. The Kier molecular flexibility index (Phi) is 3.32. The number of carbonyl (C=O) groups is 1. The zero-order valence-electron chi connectivity index (χ0n) is 12.3. The maximum absolute atomic E-state index is 12.8. The monoisotopic (exact) mass is 348 g/mol. The quantitative estimate of drug-likeness (QED) is 0.762. The Balaban J connectivity index is 1.57. The predicted octanol–water partition coefficient (Wildman–Crippen LogP) is 3.74. The molecule has 1 amide bonds. The highest BCUT2D eigenvalue weighted by Gasteiger charge is 2.50. The molecule has 21 heavy (non-hydrogen) atoms. The lowest BCUT2D eigenvalue weighted by Gasteiger charge is -2.56. The van der Waals surface area contributed by atoms with Gasteiger partial charge in [-0.25, -0.2) is 4.98 Å². The van der Waals surface area contributed by atoms with Crippen LogP contribution in [0.1, 0.15) is 42.6 Å². The second kappa shape index (κ2) is 5.08. The van der Waals surface area contributed by atoms with Gasteiger partial charge in [0.05, 0.1) is 0 Å². The summed E-state index contributed by atoms with van der Waals surface area (Å²) in [5.74, 6) is 3.41. The summed E-state index contributed by atoms with van der Waals surface area (Å²) in [6, 6.07) is 6.00. The molecule has 5 rings (SSSR count). The highest BCUT2D eigenvalue weighted by Crippen LogP contribution is 2.55. The van der Waals surface area contributed by atoms with Crippen LogP contribution in [0.4, 0.5) is 0 Å². The van der Waals surface area contributed by atoms with E-state index in [2.05, 4.69) is 20.9 Å². The number of rotatable bonds is 2. The van der Waals surface area contributed by atoms with Gasteiger partial charge in [-0.1, -0.05) is 6.07 Å². The average Bonchev–Trinajstić information content (AvgIpc) is 2.45. The standard InChI is InChI=1S/C17H21BrN2O/c1-20(17(21)14-3-2-4-15(18)19-14)16-12-6-10-5-11(8-12)9-13(16)7-10/h2-4,10-13,16H,5-9H2,1H3. The first-order valence-electron chi connectivity index (χ1n) is 8.01. The molecule has 0 spiro atoms. The highest BCUT2D eigenvalue weighted by molar-refractivity contribution is 9.10. The summed E-state index contributed by atoms with van der Waals surface area (Å²) in [6.07, 6.45) is 6.79. The minimum atomic E-state index is 0.0776. The van der Waals surface area contributed by atoms with Crippen molar-refractivity contribution >= 4 is 21.8 Å². The number of halogens is 1. The molecule has 0 saturated heterocycles. The minimum Gasteiger partial charge on any atom is -0.337 e. The molecule has 0 atom stereocenters. The van der Waals surface area contributed by atoms with E-state index in [4.69, 9.17) is 0 Å². The van der Waals surface area contributed by atoms with Gasteiger partial charge in [-0.3, -0.25) is 4.79 Å². The predicted molar refractivity (Wildman–Crippen MR) is 84.9 cm³/mol. The van der Waals surface area contributed by atoms with E-state index in [1.165, 1.54) is 32.1 Å². The first kappa shape index (κ1) is 13.7. The van der Waals surface area contributed by atoms with Crippen LogP contribution >= 0.6 is 15.9 Å². The molecule has 4 bridgehead atoms. The number of hydrogen-bond acceptors (Lipinski definition) is 2. The maximum Gasteiger partial charge on any atom is 0.272 e. The van der Waals surface area contributed by atoms with Gasteiger partial charge in [-0.15, -0.1) is 0 Å². The van der Waals surface area contributed by atoms with E-state index in [1.54, 1.807) is 0 Å². The lowest BCUT2D eigenvalue weighted by molar-refractivity contribution is -0.0492. The molecule has 112 valence electrons. The fraction of sp³-hybridized carbons (Fsp3) is 0.647. The van der Waals surface area contributed by atoms with Gasteiger partial charge in [-0.2, -0.15) is 0 Å². The summed E-state index contributed by atoms with van der Waals surface area (Å²) in [4.78, 5) is 19.1. The van der Waals surface area contributed by atoms with Crippen molar-refractivity contribution in [2.45, 2.75) is 38.1 Å². The van der Waals surface area contributed by atoms with Crippen LogP contribution in [0, 0.1) is 23.7 Å². The van der Waals surface area contributed by atoms with Crippen LogP contribution < -0.4 is 0 Å². The molecule has 1 heterocycles. The van der Waals surface area contributed by atoms with E-state index in [0.717, 1.165) is 28.3 Å². The molecule has 0 radical (unpaired) electrons. The lowest BCUT2D eigenvalue weighted by Crippen LogP contribution is -2.56. The maximum atomic E-state index is 12.8. The normalized spacial score (nSPS) is 36.8. The van der Waals surface area contributed by atoms with Crippen LogP contribution in [0.15, 0.2) is 22.8 Å². The molecular weight excluding hydrogens is 328 g/mol. The Hall–Kier alpha value is -0.900. The number of aromatic nitrogens is 1. The summed E-state index contributed by atoms with van der Waals surface area (Å²) in [7, 11) is 1.98. The van der Waals surface area contributed by atoms with Crippen LogP contribution in [0.3, 0.4) is 0 Å². The van der Waals surface area contributed by atoms with Gasteiger partial charge in [0.2, 0.25) is 0 Å². The van der Waals surface area contributed by atoms with Crippen LogP contribution in [0.25, 0.3) is 0 Å². The number of pyridine rings is 1. The first-order valence-corrected chi connectivity index (χ1v) is 8.81. The van der Waals surface area contributed by atoms with E-state index < -0.39 is 0 Å². The van der Waals surface area contributed by atoms with E-state index in [-0.39, 0.29) is 5.91 Å². The van der Waals surface area contributed by atoms with Gasteiger partial charge >= 0.3 is 0 Å². The molecule has 0 aliphatic heterocycles. The van der Waals surface area contributed by atoms with E-state index in [1.807, 2.05) is 30.1 Å². The molecule has 0 unspecified atom stereocenters. The van der Waals surface area contributed by atoms with Gasteiger partial charge in [-0.05, 0) is 83.8 Å². The average molecular weight is 349 g/mol. The topological polar surface area (TPSA) is 33.2 Å². The molecule has 1 aromatic heterocycles. The number of carbonyl (C=O) groups excluding carboxylic acids is 1. The van der Waals surface area contributed by atoms with Crippen molar-refractivity contribution in [2.75, 3.05) is 7.05 Å². The van der Waals surface area contributed by atoms with Crippen molar-refractivity contribution in [1.29, 1.82) is 0 Å². The van der Waals surface area contributed by atoms with Crippen LogP contribution in [-0.2, 0) is 0 Å². The largest absolute Gasteiger partial charge is 0.337 e. The van der Waals surface area contributed by atoms with Crippen molar-refractivity contribution in [3.63, 3.8) is 0 Å². The van der Waals surface area contributed by atoms with Gasteiger partial charge < -0.3 is 4.90 Å². The molecule has 3 nitrogen and oxygen atoms in total. The second-order valence-corrected chi connectivity index (χ2v) is 8.00. The Labute approximate surface area is 134 Å². The Bertz CT molecular complexity index is 546. The van der Waals surface area contributed by atoms with Crippen molar-refractivity contribution < 1.29 is 4.79 Å². The van der Waals surface area contributed by atoms with E-state index in [9.17, 15) is 4.79 Å². The van der Waals surface area contributed by atoms with Gasteiger partial charge in [0.25, 0.3) is 5.91 Å². The van der Waals surface area contributed by atoms with Crippen LogP contribution in [0.2, 0.25) is 0 Å². The SMILES string of the molecule is CN(C(=O)c1cccc(Br)n1)C1C2CC3CC(C2)CC1C3. The first-order chi connectivity index (χ1) is 10.1. The third-order valence-electron chi connectivity index (χ3n) is 5.88. The molecule has 1 aromatic rings. The summed E-state index contributed by atoms with van der Waals surface area (Å²) in [5.41, 5.74) is 0.556. The summed E-state index contributed by atoms with van der Waals surface area (Å²) < 4.78 is 0.729. The second-order valence-electron chi connectivity index (χ2n) is 7.18. The van der Waals surface area contributed by atoms with Crippen LogP contribution in [-0.4, -0.2) is 28.9 Å². The molecule has 4 aliphatic carbocycles. The fourth-order valence-electron chi connectivity index (χ4n) is 5.37. The molecule has 0 N–H and O–H groups in total. The molecule has 4 heteroatoms. The van der Waals surface area contributed by atoms with E-state index >= 15 is 0 Å².